The minimum Gasteiger partial charge on any atom is -0.454 e. The van der Waals surface area contributed by atoms with Crippen LogP contribution in [0.4, 0.5) is 5.69 Å². The largest absolute Gasteiger partial charge is 0.454 e. The normalized spacial score (nSPS) is 15.8. The quantitative estimate of drug-likeness (QED) is 0.621. The van der Waals surface area contributed by atoms with E-state index in [0.717, 1.165) is 12.8 Å². The number of para-hydroxylation sites is 1. The lowest BCUT2D eigenvalue weighted by molar-refractivity contribution is -0.384. The molecule has 0 amide bonds. The van der Waals surface area contributed by atoms with Gasteiger partial charge in [-0.25, -0.2) is 0 Å². The molecule has 4 rings (SSSR count). The zero-order valence-corrected chi connectivity index (χ0v) is 13.4. The molecule has 2 aromatic rings. The molecule has 0 fully saturated rings. The van der Waals surface area contributed by atoms with Crippen LogP contribution >= 0.6 is 0 Å². The van der Waals surface area contributed by atoms with Crippen LogP contribution in [0.5, 0.6) is 11.5 Å². The molecule has 0 aromatic heterocycles. The van der Waals surface area contributed by atoms with Gasteiger partial charge in [-0.2, -0.15) is 0 Å². The van der Waals surface area contributed by atoms with Crippen molar-refractivity contribution in [2.75, 3.05) is 6.79 Å². The number of fused-ring (bicyclic) bond motifs is 1. The number of nitro groups is 1. The van der Waals surface area contributed by atoms with Crippen LogP contribution in [-0.4, -0.2) is 17.5 Å². The molecule has 126 valence electrons. The summed E-state index contributed by atoms with van der Waals surface area (Å²) in [5.74, 6) is 1.13. The molecule has 1 aliphatic heterocycles. The second-order valence-electron chi connectivity index (χ2n) is 5.96. The molecule has 0 bridgehead atoms. The van der Waals surface area contributed by atoms with Crippen LogP contribution in [0.1, 0.15) is 24.8 Å². The van der Waals surface area contributed by atoms with Crippen molar-refractivity contribution in [1.29, 1.82) is 0 Å². The van der Waals surface area contributed by atoms with Gasteiger partial charge in [-0.3, -0.25) is 14.9 Å². The summed E-state index contributed by atoms with van der Waals surface area (Å²) in [5.41, 5.74) is 1.88. The summed E-state index contributed by atoms with van der Waals surface area (Å²) in [6, 6.07) is 10.3. The highest BCUT2D eigenvalue weighted by Crippen LogP contribution is 2.41. The van der Waals surface area contributed by atoms with Crippen molar-refractivity contribution >= 4 is 17.0 Å². The summed E-state index contributed by atoms with van der Waals surface area (Å²) in [6.45, 7) is 0.141. The number of nitro benzene ring substituents is 1. The maximum absolute atomic E-state index is 12.2. The van der Waals surface area contributed by atoms with Crippen LogP contribution in [0.15, 0.2) is 42.5 Å². The summed E-state index contributed by atoms with van der Waals surface area (Å²) >= 11 is 0. The molecule has 0 saturated carbocycles. The number of nitrogens with zero attached hydrogens (tertiary/aromatic N) is 1. The van der Waals surface area contributed by atoms with Crippen LogP contribution in [-0.2, 0) is 4.79 Å². The first kappa shape index (κ1) is 15.4. The number of carbonyl (C=O) groups is 1. The molecule has 0 radical (unpaired) electrons. The second kappa shape index (κ2) is 6.05. The van der Waals surface area contributed by atoms with Crippen molar-refractivity contribution in [3.05, 3.63) is 58.2 Å². The van der Waals surface area contributed by atoms with Crippen LogP contribution in [0, 0.1) is 10.1 Å². The number of ketones is 1. The zero-order valence-electron chi connectivity index (χ0n) is 13.4. The van der Waals surface area contributed by atoms with Crippen LogP contribution < -0.4 is 9.47 Å². The Morgan fingerprint density at radius 1 is 1.04 bits per heavy atom. The van der Waals surface area contributed by atoms with E-state index in [0.29, 0.717) is 40.2 Å². The lowest BCUT2D eigenvalue weighted by Gasteiger charge is -2.14. The van der Waals surface area contributed by atoms with Gasteiger partial charge in [-0.05, 0) is 42.7 Å². The average Bonchev–Trinajstić information content (AvgIpc) is 3.09. The number of carbonyl (C=O) groups excluding carboxylic acids is 1. The molecule has 0 N–H and O–H groups in total. The average molecular weight is 337 g/mol. The number of ether oxygens (including phenoxy) is 2. The van der Waals surface area contributed by atoms with Gasteiger partial charge < -0.3 is 9.47 Å². The number of Topliss-reactive ketones (excluding diaryl/α,β-unsaturated/α-hetero) is 1. The van der Waals surface area contributed by atoms with Gasteiger partial charge >= 0.3 is 0 Å². The predicted molar refractivity (Wildman–Crippen MR) is 91.5 cm³/mol. The third-order valence-electron chi connectivity index (χ3n) is 4.45. The third-order valence-corrected chi connectivity index (χ3v) is 4.45. The molecule has 0 unspecified atom stereocenters. The van der Waals surface area contributed by atoms with Gasteiger partial charge in [0.15, 0.2) is 17.3 Å². The van der Waals surface area contributed by atoms with Crippen molar-refractivity contribution in [1.82, 2.24) is 0 Å². The number of benzene rings is 2. The topological polar surface area (TPSA) is 78.7 Å². The van der Waals surface area contributed by atoms with Gasteiger partial charge in [-0.1, -0.05) is 18.2 Å². The molecule has 2 aromatic carbocycles. The molecule has 0 spiro atoms. The van der Waals surface area contributed by atoms with Crippen LogP contribution in [0.2, 0.25) is 0 Å². The lowest BCUT2D eigenvalue weighted by atomic mass is 9.89. The van der Waals surface area contributed by atoms with Gasteiger partial charge in [0, 0.05) is 12.0 Å². The fraction of sp³-hybridized carbons (Fsp3) is 0.211. The number of hydrogen-bond acceptors (Lipinski definition) is 5. The highest BCUT2D eigenvalue weighted by molar-refractivity contribution is 6.22. The Morgan fingerprint density at radius 3 is 2.64 bits per heavy atom. The Morgan fingerprint density at radius 2 is 1.84 bits per heavy atom. The first-order valence-electron chi connectivity index (χ1n) is 8.06. The van der Waals surface area contributed by atoms with Gasteiger partial charge in [0.05, 0.1) is 16.1 Å². The van der Waals surface area contributed by atoms with E-state index in [9.17, 15) is 14.9 Å². The molecular weight excluding hydrogens is 322 g/mol. The summed E-state index contributed by atoms with van der Waals surface area (Å²) in [7, 11) is 0. The molecular formula is C19H15NO5. The molecule has 25 heavy (non-hydrogen) atoms. The summed E-state index contributed by atoms with van der Waals surface area (Å²) in [4.78, 5) is 23.6. The Balaban J connectivity index is 1.89. The van der Waals surface area contributed by atoms with E-state index >= 15 is 0 Å². The van der Waals surface area contributed by atoms with Crippen LogP contribution in [0.3, 0.4) is 0 Å². The van der Waals surface area contributed by atoms with Gasteiger partial charge in [0.25, 0.3) is 5.69 Å². The minimum atomic E-state index is -0.419. The van der Waals surface area contributed by atoms with E-state index in [4.69, 9.17) is 9.47 Å². The van der Waals surface area contributed by atoms with Gasteiger partial charge in [0.2, 0.25) is 6.79 Å². The van der Waals surface area contributed by atoms with E-state index < -0.39 is 4.92 Å². The number of hydrogen-bond donors (Lipinski definition) is 0. The number of allylic oxidation sites excluding steroid dienone is 2. The molecule has 1 aliphatic carbocycles. The Kier molecular flexibility index (Phi) is 3.72. The fourth-order valence-corrected chi connectivity index (χ4v) is 3.27. The lowest BCUT2D eigenvalue weighted by Crippen LogP contribution is -2.08. The Bertz CT molecular complexity index is 916. The fourth-order valence-electron chi connectivity index (χ4n) is 3.27. The maximum Gasteiger partial charge on any atom is 0.285 e. The van der Waals surface area contributed by atoms with Crippen molar-refractivity contribution in [2.24, 2.45) is 0 Å². The summed E-state index contributed by atoms with van der Waals surface area (Å²) in [5, 5.41) is 11.8. The Labute approximate surface area is 143 Å². The smallest absolute Gasteiger partial charge is 0.285 e. The molecule has 2 aliphatic rings. The van der Waals surface area contributed by atoms with Crippen molar-refractivity contribution < 1.29 is 19.2 Å². The first-order chi connectivity index (χ1) is 12.1. The standard InChI is InChI=1S/C19H15NO5/c21-16-7-2-1-4-14(16)15-6-3-5-13(19(15)20(22)23)12-8-9-17-18(10-12)25-11-24-17/h3-6,8-10H,1-2,7,11H2. The van der Waals surface area contributed by atoms with Gasteiger partial charge in [0.1, 0.15) is 0 Å². The summed E-state index contributed by atoms with van der Waals surface area (Å²) < 4.78 is 10.7. The monoisotopic (exact) mass is 337 g/mol. The SMILES string of the molecule is O=C1CCCC=C1c1cccc(-c2ccc3c(c2)OCO3)c1[N+](=O)[O-]. The van der Waals surface area contributed by atoms with Crippen molar-refractivity contribution in [3.8, 4) is 22.6 Å². The maximum atomic E-state index is 12.2. The molecule has 1 heterocycles. The van der Waals surface area contributed by atoms with Crippen molar-refractivity contribution in [2.45, 2.75) is 19.3 Å². The van der Waals surface area contributed by atoms with E-state index in [2.05, 4.69) is 0 Å². The summed E-state index contributed by atoms with van der Waals surface area (Å²) in [6.07, 6.45) is 3.78. The molecule has 6 nitrogen and oxygen atoms in total. The van der Waals surface area contributed by atoms with E-state index in [-0.39, 0.29) is 18.3 Å². The Hall–Kier alpha value is -3.15. The highest BCUT2D eigenvalue weighted by Gasteiger charge is 2.27. The zero-order chi connectivity index (χ0) is 17.4. The second-order valence-corrected chi connectivity index (χ2v) is 5.96. The minimum absolute atomic E-state index is 0.0443. The highest BCUT2D eigenvalue weighted by atomic mass is 16.7. The molecule has 6 heteroatoms. The first-order valence-corrected chi connectivity index (χ1v) is 8.06. The van der Waals surface area contributed by atoms with Crippen molar-refractivity contribution in [3.63, 3.8) is 0 Å². The van der Waals surface area contributed by atoms with Gasteiger partial charge in [-0.15, -0.1) is 0 Å². The third kappa shape index (κ3) is 2.65. The number of rotatable bonds is 3. The molecule has 0 saturated heterocycles. The van der Waals surface area contributed by atoms with E-state index in [1.807, 2.05) is 0 Å². The van der Waals surface area contributed by atoms with E-state index in [1.165, 1.54) is 0 Å². The predicted octanol–water partition coefficient (Wildman–Crippen LogP) is 4.13. The molecule has 0 atom stereocenters. The van der Waals surface area contributed by atoms with E-state index in [1.54, 1.807) is 42.5 Å². The van der Waals surface area contributed by atoms with Crippen LogP contribution in [0.25, 0.3) is 16.7 Å².